The number of aromatic nitrogens is 1. The molecule has 0 radical (unpaired) electrons. The molecule has 1 atom stereocenters. The molecule has 1 spiro atoms. The van der Waals surface area contributed by atoms with E-state index in [0.29, 0.717) is 17.1 Å². The van der Waals surface area contributed by atoms with Crippen molar-refractivity contribution in [2.24, 2.45) is 5.41 Å². The minimum absolute atomic E-state index is 0.124. The van der Waals surface area contributed by atoms with E-state index in [1.54, 1.807) is 13.2 Å². The van der Waals surface area contributed by atoms with Crippen LogP contribution in [0.5, 0.6) is 0 Å². The Morgan fingerprint density at radius 1 is 1.02 bits per heavy atom. The quantitative estimate of drug-likeness (QED) is 0.223. The van der Waals surface area contributed by atoms with Crippen molar-refractivity contribution in [3.8, 4) is 11.3 Å². The van der Waals surface area contributed by atoms with Gasteiger partial charge in [0, 0.05) is 46.8 Å². The molecule has 2 N–H and O–H groups in total. The number of nitrogens with zero attached hydrogens (tertiary/aromatic N) is 2. The number of hydrogen-bond acceptors (Lipinski definition) is 6. The molecule has 44 heavy (non-hydrogen) atoms. The lowest BCUT2D eigenvalue weighted by molar-refractivity contribution is -0.137. The summed E-state index contributed by atoms with van der Waals surface area (Å²) >= 11 is 7.06. The minimum Gasteiger partial charge on any atom is -0.376 e. The average molecular weight is 625 g/mol. The van der Waals surface area contributed by atoms with Gasteiger partial charge in [-0.15, -0.1) is 0 Å². The molecule has 2 aliphatic rings. The summed E-state index contributed by atoms with van der Waals surface area (Å²) in [6.45, 7) is 9.11. The maximum Gasteiger partial charge on any atom is 0.416 e. The third-order valence-electron chi connectivity index (χ3n) is 8.75. The summed E-state index contributed by atoms with van der Waals surface area (Å²) < 4.78 is 50.8. The molecule has 1 saturated heterocycles. The molecule has 0 aliphatic carbocycles. The fourth-order valence-corrected chi connectivity index (χ4v) is 7.12. The van der Waals surface area contributed by atoms with Gasteiger partial charge in [-0.05, 0) is 61.7 Å². The van der Waals surface area contributed by atoms with Crippen LogP contribution in [0.4, 0.5) is 36.1 Å². The predicted octanol–water partition coefficient (Wildman–Crippen LogP) is 9.26. The highest BCUT2D eigenvalue weighted by molar-refractivity contribution is 6.32. The summed E-state index contributed by atoms with van der Waals surface area (Å²) in [4.78, 5) is 2.36. The van der Waals surface area contributed by atoms with E-state index in [0.717, 1.165) is 72.3 Å². The molecule has 3 heterocycles. The van der Waals surface area contributed by atoms with E-state index in [4.69, 9.17) is 20.9 Å². The summed E-state index contributed by atoms with van der Waals surface area (Å²) in [6, 6.07) is 18.7. The van der Waals surface area contributed by atoms with Crippen LogP contribution in [0, 0.1) is 5.41 Å². The van der Waals surface area contributed by atoms with Gasteiger partial charge in [0.15, 0.2) is 11.6 Å². The van der Waals surface area contributed by atoms with Crippen molar-refractivity contribution in [3.63, 3.8) is 0 Å². The molecule has 3 aromatic carbocycles. The Hall–Kier alpha value is -3.53. The Balaban J connectivity index is 1.40. The van der Waals surface area contributed by atoms with Gasteiger partial charge in [-0.3, -0.25) is 0 Å². The maximum absolute atomic E-state index is 13.0. The van der Waals surface area contributed by atoms with E-state index < -0.39 is 11.7 Å². The van der Waals surface area contributed by atoms with E-state index in [2.05, 4.69) is 53.6 Å². The number of hydrogen-bond donors (Lipinski definition) is 2. The number of nitrogens with one attached hydrogen (secondary N) is 2. The molecule has 0 saturated carbocycles. The number of fused-ring (bicyclic) bond motifs is 2. The third-order valence-corrected chi connectivity index (χ3v) is 9.06. The van der Waals surface area contributed by atoms with Gasteiger partial charge in [0.2, 0.25) is 0 Å². The number of para-hydroxylation sites is 2. The van der Waals surface area contributed by atoms with Gasteiger partial charge in [-0.25, -0.2) is 0 Å². The Morgan fingerprint density at radius 3 is 2.39 bits per heavy atom. The summed E-state index contributed by atoms with van der Waals surface area (Å²) in [5.74, 6) is 0.806. The summed E-state index contributed by atoms with van der Waals surface area (Å²) in [5, 5.41) is 11.9. The number of benzene rings is 3. The lowest BCUT2D eigenvalue weighted by Gasteiger charge is -2.35. The van der Waals surface area contributed by atoms with Gasteiger partial charge in [-0.1, -0.05) is 67.9 Å². The standard InChI is InChI=1S/C34H36ClF3N4O2/c1-32(2,3)31(43-4)23-13-14-24(35)29-30(23)42(20-33(29)15-17-39-18-16-33)26-8-6-5-7-25(26)40-28-19-27(44-41-28)21-9-11-22(12-10-21)34(36,37)38/h5-14,19,31,39H,15-18,20H2,1-4H3,(H,40,41). The maximum atomic E-state index is 13.0. The summed E-state index contributed by atoms with van der Waals surface area (Å²) in [5.41, 5.74) is 4.61. The molecular formula is C34H36ClF3N4O2. The highest BCUT2D eigenvalue weighted by atomic mass is 35.5. The number of methoxy groups -OCH3 is 1. The first-order valence-corrected chi connectivity index (χ1v) is 15.1. The van der Waals surface area contributed by atoms with Crippen molar-refractivity contribution in [1.82, 2.24) is 10.5 Å². The van der Waals surface area contributed by atoms with Crippen LogP contribution < -0.4 is 15.5 Å². The van der Waals surface area contributed by atoms with Crippen molar-refractivity contribution in [2.45, 2.75) is 51.3 Å². The molecular weight excluding hydrogens is 589 g/mol. The Labute approximate surface area is 260 Å². The number of halogens is 4. The van der Waals surface area contributed by atoms with Gasteiger partial charge in [0.05, 0.1) is 28.7 Å². The lowest BCUT2D eigenvalue weighted by Crippen LogP contribution is -2.42. The van der Waals surface area contributed by atoms with Crippen LogP contribution >= 0.6 is 11.6 Å². The zero-order chi connectivity index (χ0) is 31.3. The number of anilines is 4. The van der Waals surface area contributed by atoms with E-state index in [1.807, 2.05) is 24.3 Å². The molecule has 1 fully saturated rings. The molecule has 2 aliphatic heterocycles. The fourth-order valence-electron chi connectivity index (χ4n) is 6.76. The SMILES string of the molecule is COC(c1ccc(Cl)c2c1N(c1ccccc1Nc1cc(-c3ccc(C(F)(F)F)cc3)on1)CC21CCNCC1)C(C)(C)C. The molecule has 4 aromatic rings. The van der Waals surface area contributed by atoms with E-state index in [-0.39, 0.29) is 16.9 Å². The van der Waals surface area contributed by atoms with E-state index in [1.165, 1.54) is 17.7 Å². The second kappa shape index (κ2) is 11.4. The van der Waals surface area contributed by atoms with Gasteiger partial charge < -0.3 is 24.8 Å². The van der Waals surface area contributed by atoms with Crippen LogP contribution in [-0.2, 0) is 16.3 Å². The second-order valence-electron chi connectivity index (χ2n) is 12.8. The number of ether oxygens (including phenoxy) is 1. The zero-order valence-electron chi connectivity index (χ0n) is 25.2. The van der Waals surface area contributed by atoms with Crippen molar-refractivity contribution < 1.29 is 22.4 Å². The largest absolute Gasteiger partial charge is 0.416 e. The van der Waals surface area contributed by atoms with Crippen molar-refractivity contribution >= 4 is 34.5 Å². The van der Waals surface area contributed by atoms with Crippen LogP contribution in [0.3, 0.4) is 0 Å². The van der Waals surface area contributed by atoms with E-state index >= 15 is 0 Å². The molecule has 10 heteroatoms. The number of alkyl halides is 3. The Kier molecular flexibility index (Phi) is 7.93. The Bertz CT molecular complexity index is 1640. The number of piperidine rings is 1. The van der Waals surface area contributed by atoms with Gasteiger partial charge in [0.25, 0.3) is 0 Å². The molecule has 6 nitrogen and oxygen atoms in total. The van der Waals surface area contributed by atoms with Crippen molar-refractivity contribution in [3.05, 3.63) is 88.4 Å². The zero-order valence-corrected chi connectivity index (χ0v) is 25.9. The van der Waals surface area contributed by atoms with Crippen LogP contribution in [0.2, 0.25) is 5.02 Å². The highest BCUT2D eigenvalue weighted by Gasteiger charge is 2.48. The first-order chi connectivity index (χ1) is 20.9. The van der Waals surface area contributed by atoms with Gasteiger partial charge in [0.1, 0.15) is 0 Å². The molecule has 232 valence electrons. The van der Waals surface area contributed by atoms with E-state index in [9.17, 15) is 13.2 Å². The van der Waals surface area contributed by atoms with Gasteiger partial charge in [-0.2, -0.15) is 13.2 Å². The molecule has 0 amide bonds. The number of rotatable bonds is 6. The summed E-state index contributed by atoms with van der Waals surface area (Å²) in [7, 11) is 1.75. The lowest BCUT2D eigenvalue weighted by atomic mass is 9.73. The van der Waals surface area contributed by atoms with Crippen LogP contribution in [0.25, 0.3) is 11.3 Å². The summed E-state index contributed by atoms with van der Waals surface area (Å²) in [6.07, 6.45) is -2.66. The average Bonchev–Trinajstić information content (AvgIpc) is 3.58. The fraction of sp³-hybridized carbons (Fsp3) is 0.382. The molecule has 6 rings (SSSR count). The van der Waals surface area contributed by atoms with Crippen LogP contribution in [-0.4, -0.2) is 31.9 Å². The van der Waals surface area contributed by atoms with Crippen molar-refractivity contribution in [2.75, 3.05) is 37.0 Å². The van der Waals surface area contributed by atoms with Crippen LogP contribution in [0.15, 0.2) is 71.3 Å². The predicted molar refractivity (Wildman–Crippen MR) is 168 cm³/mol. The first kappa shape index (κ1) is 30.5. The highest BCUT2D eigenvalue weighted by Crippen LogP contribution is 2.56. The molecule has 0 bridgehead atoms. The minimum atomic E-state index is -4.41. The Morgan fingerprint density at radius 2 is 1.73 bits per heavy atom. The first-order valence-electron chi connectivity index (χ1n) is 14.8. The second-order valence-corrected chi connectivity index (χ2v) is 13.2. The molecule has 1 aromatic heterocycles. The monoisotopic (exact) mass is 624 g/mol. The van der Waals surface area contributed by atoms with Crippen molar-refractivity contribution in [1.29, 1.82) is 0 Å². The topological polar surface area (TPSA) is 62.6 Å². The molecule has 1 unspecified atom stereocenters. The van der Waals surface area contributed by atoms with Crippen LogP contribution in [0.1, 0.15) is 56.4 Å². The van der Waals surface area contributed by atoms with Gasteiger partial charge >= 0.3 is 6.18 Å². The smallest absolute Gasteiger partial charge is 0.376 e. The normalized spacial score (nSPS) is 17.1. The third kappa shape index (κ3) is 5.57.